The number of anilines is 1. The van der Waals surface area contributed by atoms with Gasteiger partial charge in [-0.25, -0.2) is 9.97 Å². The van der Waals surface area contributed by atoms with Crippen LogP contribution in [0, 0.1) is 30.9 Å². The lowest BCUT2D eigenvalue weighted by Gasteiger charge is -2.04. The fraction of sp³-hybridized carbons (Fsp3) is 0.333. The molecule has 0 spiro atoms. The van der Waals surface area contributed by atoms with Gasteiger partial charge in [-0.2, -0.15) is 0 Å². The van der Waals surface area contributed by atoms with E-state index < -0.39 is 4.92 Å². The van der Waals surface area contributed by atoms with Crippen LogP contribution in [0.1, 0.15) is 23.0 Å². The van der Waals surface area contributed by atoms with Crippen LogP contribution in [-0.4, -0.2) is 14.9 Å². The highest BCUT2D eigenvalue weighted by molar-refractivity contribution is 5.44. The molecule has 0 aromatic carbocycles. The third kappa shape index (κ3) is 2.87. The predicted octanol–water partition coefficient (Wildman–Crippen LogP) is 2.52. The summed E-state index contributed by atoms with van der Waals surface area (Å²) in [5.41, 5.74) is 1.23. The zero-order valence-corrected chi connectivity index (χ0v) is 10.9. The first kappa shape index (κ1) is 13.0. The van der Waals surface area contributed by atoms with Gasteiger partial charge < -0.3 is 9.73 Å². The van der Waals surface area contributed by atoms with E-state index in [1.54, 1.807) is 13.0 Å². The van der Waals surface area contributed by atoms with E-state index in [0.717, 1.165) is 11.5 Å². The molecule has 100 valence electrons. The van der Waals surface area contributed by atoms with Gasteiger partial charge >= 0.3 is 0 Å². The van der Waals surface area contributed by atoms with E-state index in [4.69, 9.17) is 4.42 Å². The van der Waals surface area contributed by atoms with Crippen molar-refractivity contribution in [1.82, 2.24) is 9.97 Å². The van der Waals surface area contributed by atoms with Gasteiger partial charge in [-0.1, -0.05) is 0 Å². The average molecular weight is 262 g/mol. The summed E-state index contributed by atoms with van der Waals surface area (Å²) in [6, 6.07) is 2.99. The number of hydrogen-bond acceptors (Lipinski definition) is 6. The highest BCUT2D eigenvalue weighted by Crippen LogP contribution is 2.18. The Hall–Kier alpha value is -2.44. The summed E-state index contributed by atoms with van der Waals surface area (Å²) in [7, 11) is 0. The van der Waals surface area contributed by atoms with Crippen molar-refractivity contribution >= 4 is 11.5 Å². The first-order chi connectivity index (χ1) is 8.97. The molecule has 2 aromatic rings. The van der Waals surface area contributed by atoms with E-state index in [1.165, 1.54) is 6.07 Å². The summed E-state index contributed by atoms with van der Waals surface area (Å²) in [6.45, 7) is 5.71. The van der Waals surface area contributed by atoms with Gasteiger partial charge in [0.25, 0.3) is 5.69 Å². The third-order valence-electron chi connectivity index (χ3n) is 2.75. The van der Waals surface area contributed by atoms with Crippen molar-refractivity contribution in [1.29, 1.82) is 0 Å². The van der Waals surface area contributed by atoms with E-state index >= 15 is 0 Å². The lowest BCUT2D eigenvalue weighted by atomic mass is 10.3. The Morgan fingerprint density at radius 3 is 2.53 bits per heavy atom. The van der Waals surface area contributed by atoms with Crippen LogP contribution in [0.25, 0.3) is 0 Å². The molecule has 2 aromatic heterocycles. The minimum atomic E-state index is -0.451. The first-order valence-corrected chi connectivity index (χ1v) is 5.76. The van der Waals surface area contributed by atoms with Crippen LogP contribution in [0.4, 0.5) is 11.5 Å². The minimum Gasteiger partial charge on any atom is -0.444 e. The van der Waals surface area contributed by atoms with E-state index in [-0.39, 0.29) is 5.69 Å². The predicted molar refractivity (Wildman–Crippen MR) is 68.9 cm³/mol. The number of rotatable bonds is 4. The zero-order valence-electron chi connectivity index (χ0n) is 10.9. The van der Waals surface area contributed by atoms with Gasteiger partial charge in [-0.15, -0.1) is 0 Å². The van der Waals surface area contributed by atoms with Crippen molar-refractivity contribution in [2.45, 2.75) is 27.3 Å². The third-order valence-corrected chi connectivity index (χ3v) is 2.75. The Bertz CT molecular complexity index is 602. The topological polar surface area (TPSA) is 94.1 Å². The van der Waals surface area contributed by atoms with Crippen molar-refractivity contribution < 1.29 is 9.34 Å². The molecule has 1 N–H and O–H groups in total. The monoisotopic (exact) mass is 262 g/mol. The van der Waals surface area contributed by atoms with Crippen LogP contribution < -0.4 is 5.32 Å². The highest BCUT2D eigenvalue weighted by atomic mass is 16.6. The second-order valence-corrected chi connectivity index (χ2v) is 4.16. The molecule has 7 nitrogen and oxygen atoms in total. The molecule has 0 saturated heterocycles. The number of hydrogen-bond donors (Lipinski definition) is 1. The number of oxazole rings is 1. The largest absolute Gasteiger partial charge is 0.444 e. The summed E-state index contributed by atoms with van der Waals surface area (Å²) >= 11 is 0. The maximum Gasteiger partial charge on any atom is 0.290 e. The van der Waals surface area contributed by atoms with Gasteiger partial charge in [0.2, 0.25) is 5.89 Å². The van der Waals surface area contributed by atoms with Crippen LogP contribution in [0.5, 0.6) is 0 Å². The summed E-state index contributed by atoms with van der Waals surface area (Å²) < 4.78 is 5.42. The molecule has 7 heteroatoms. The molecule has 2 rings (SSSR count). The fourth-order valence-corrected chi connectivity index (χ4v) is 1.63. The Morgan fingerprint density at radius 2 is 2.00 bits per heavy atom. The molecule has 0 atom stereocenters. The molecule has 0 amide bonds. The van der Waals surface area contributed by atoms with Crippen LogP contribution in [-0.2, 0) is 6.54 Å². The summed E-state index contributed by atoms with van der Waals surface area (Å²) in [4.78, 5) is 18.6. The van der Waals surface area contributed by atoms with Crippen LogP contribution in [0.15, 0.2) is 16.5 Å². The molecule has 0 aliphatic heterocycles. The second kappa shape index (κ2) is 5.05. The van der Waals surface area contributed by atoms with Crippen molar-refractivity contribution in [3.8, 4) is 0 Å². The fourth-order valence-electron chi connectivity index (χ4n) is 1.63. The van der Waals surface area contributed by atoms with Crippen molar-refractivity contribution in [2.24, 2.45) is 0 Å². The normalized spacial score (nSPS) is 10.5. The molecule has 19 heavy (non-hydrogen) atoms. The van der Waals surface area contributed by atoms with Crippen LogP contribution in [0.2, 0.25) is 0 Å². The quantitative estimate of drug-likeness (QED) is 0.672. The van der Waals surface area contributed by atoms with E-state index in [1.807, 2.05) is 13.8 Å². The standard InChI is InChI=1S/C12H14N4O3/c1-7-9(3)19-12(15-7)6-13-11-5-4-10(16(17)18)8(2)14-11/h4-5H,6H2,1-3H3,(H,13,14). The van der Waals surface area contributed by atoms with Crippen molar-refractivity contribution in [2.75, 3.05) is 5.32 Å². The molecule has 0 aliphatic carbocycles. The molecular weight excluding hydrogens is 248 g/mol. The minimum absolute atomic E-state index is 0.00774. The van der Waals surface area contributed by atoms with Gasteiger partial charge in [0.05, 0.1) is 17.2 Å². The van der Waals surface area contributed by atoms with Gasteiger partial charge in [-0.3, -0.25) is 10.1 Å². The van der Waals surface area contributed by atoms with E-state index in [0.29, 0.717) is 23.9 Å². The second-order valence-electron chi connectivity index (χ2n) is 4.16. The SMILES string of the molecule is Cc1nc(NCc2nc(C)c(C)o2)ccc1[N+](=O)[O-]. The zero-order chi connectivity index (χ0) is 14.0. The Morgan fingerprint density at radius 1 is 1.26 bits per heavy atom. The smallest absolute Gasteiger partial charge is 0.290 e. The molecular formula is C12H14N4O3. The lowest BCUT2D eigenvalue weighted by Crippen LogP contribution is -2.03. The first-order valence-electron chi connectivity index (χ1n) is 5.76. The van der Waals surface area contributed by atoms with E-state index in [2.05, 4.69) is 15.3 Å². The molecule has 0 saturated carbocycles. The van der Waals surface area contributed by atoms with Gasteiger partial charge in [0.1, 0.15) is 17.3 Å². The Labute approximate surface area is 109 Å². The molecule has 0 bridgehead atoms. The number of nitro groups is 1. The van der Waals surface area contributed by atoms with Gasteiger partial charge in [0.15, 0.2) is 0 Å². The highest BCUT2D eigenvalue weighted by Gasteiger charge is 2.12. The maximum absolute atomic E-state index is 10.7. The number of aromatic nitrogens is 2. The number of nitrogens with zero attached hydrogens (tertiary/aromatic N) is 3. The summed E-state index contributed by atoms with van der Waals surface area (Å²) in [5.74, 6) is 1.90. The lowest BCUT2D eigenvalue weighted by molar-refractivity contribution is -0.385. The number of pyridine rings is 1. The number of nitrogens with one attached hydrogen (secondary N) is 1. The van der Waals surface area contributed by atoms with E-state index in [9.17, 15) is 10.1 Å². The average Bonchev–Trinajstić information content (AvgIpc) is 2.66. The maximum atomic E-state index is 10.7. The van der Waals surface area contributed by atoms with Crippen molar-refractivity contribution in [3.63, 3.8) is 0 Å². The van der Waals surface area contributed by atoms with Crippen molar-refractivity contribution in [3.05, 3.63) is 45.3 Å². The molecule has 2 heterocycles. The molecule has 0 fully saturated rings. The molecule has 0 unspecified atom stereocenters. The summed E-state index contributed by atoms with van der Waals surface area (Å²) in [6.07, 6.45) is 0. The number of aryl methyl sites for hydroxylation is 3. The molecule has 0 aliphatic rings. The molecule has 0 radical (unpaired) electrons. The van der Waals surface area contributed by atoms with Crippen LogP contribution >= 0.6 is 0 Å². The van der Waals surface area contributed by atoms with Gasteiger partial charge in [0, 0.05) is 6.07 Å². The Kier molecular flexibility index (Phi) is 3.46. The van der Waals surface area contributed by atoms with Crippen LogP contribution in [0.3, 0.4) is 0 Å². The van der Waals surface area contributed by atoms with Gasteiger partial charge in [-0.05, 0) is 26.8 Å². The summed E-state index contributed by atoms with van der Waals surface area (Å²) in [5, 5.41) is 13.7. The Balaban J connectivity index is 2.08.